The second-order valence-electron chi connectivity index (χ2n) is 2.85. The Hall–Kier alpha value is -0.900. The number of rotatable bonds is 0. The SMILES string of the molecule is O=C1CC2COCCN2C1=O. The van der Waals surface area contributed by atoms with Gasteiger partial charge in [0.15, 0.2) is 0 Å². The zero-order chi connectivity index (χ0) is 7.84. The van der Waals surface area contributed by atoms with Gasteiger partial charge in [0.1, 0.15) is 0 Å². The number of carbonyl (C=O) groups excluding carboxylic acids is 2. The van der Waals surface area contributed by atoms with Crippen molar-refractivity contribution in [1.82, 2.24) is 4.90 Å². The summed E-state index contributed by atoms with van der Waals surface area (Å²) in [6.07, 6.45) is 0.346. The number of ketones is 1. The van der Waals surface area contributed by atoms with Gasteiger partial charge in [0.2, 0.25) is 5.78 Å². The monoisotopic (exact) mass is 155 g/mol. The third-order valence-electron chi connectivity index (χ3n) is 2.15. The molecule has 0 aromatic heterocycles. The fourth-order valence-corrected chi connectivity index (χ4v) is 1.55. The molecule has 0 N–H and O–H groups in total. The topological polar surface area (TPSA) is 46.6 Å². The van der Waals surface area contributed by atoms with Crippen LogP contribution in [0, 0.1) is 0 Å². The Balaban J connectivity index is 2.18. The minimum Gasteiger partial charge on any atom is -0.377 e. The van der Waals surface area contributed by atoms with Crippen molar-refractivity contribution in [3.63, 3.8) is 0 Å². The maximum Gasteiger partial charge on any atom is 0.290 e. The number of amides is 1. The Morgan fingerprint density at radius 3 is 3.00 bits per heavy atom. The highest BCUT2D eigenvalue weighted by atomic mass is 16.5. The number of hydrogen-bond acceptors (Lipinski definition) is 3. The van der Waals surface area contributed by atoms with E-state index in [1.54, 1.807) is 4.90 Å². The molecule has 2 aliphatic heterocycles. The van der Waals surface area contributed by atoms with E-state index in [9.17, 15) is 9.59 Å². The van der Waals surface area contributed by atoms with E-state index in [2.05, 4.69) is 0 Å². The first kappa shape index (κ1) is 6.79. The number of ether oxygens (including phenoxy) is 1. The number of nitrogens with zero attached hydrogens (tertiary/aromatic N) is 1. The van der Waals surface area contributed by atoms with Gasteiger partial charge in [-0.15, -0.1) is 0 Å². The van der Waals surface area contributed by atoms with Crippen molar-refractivity contribution in [2.45, 2.75) is 12.5 Å². The van der Waals surface area contributed by atoms with Gasteiger partial charge >= 0.3 is 0 Å². The Morgan fingerprint density at radius 2 is 2.27 bits per heavy atom. The summed E-state index contributed by atoms with van der Waals surface area (Å²) in [6.45, 7) is 1.67. The average molecular weight is 155 g/mol. The summed E-state index contributed by atoms with van der Waals surface area (Å²) in [7, 11) is 0. The van der Waals surface area contributed by atoms with Crippen LogP contribution in [0.2, 0.25) is 0 Å². The first-order valence-electron chi connectivity index (χ1n) is 3.70. The molecule has 0 radical (unpaired) electrons. The standard InChI is InChI=1S/C7H9NO3/c9-6-3-5-4-11-2-1-8(5)7(6)10/h5H,1-4H2. The molecule has 4 heteroatoms. The third-order valence-corrected chi connectivity index (χ3v) is 2.15. The highest BCUT2D eigenvalue weighted by Crippen LogP contribution is 2.18. The zero-order valence-corrected chi connectivity index (χ0v) is 6.08. The van der Waals surface area contributed by atoms with Crippen LogP contribution in [0.1, 0.15) is 6.42 Å². The molecule has 2 saturated heterocycles. The molecule has 2 fully saturated rings. The molecule has 0 aromatic carbocycles. The van der Waals surface area contributed by atoms with E-state index in [1.165, 1.54) is 0 Å². The van der Waals surface area contributed by atoms with Gasteiger partial charge in [0.05, 0.1) is 19.3 Å². The molecule has 11 heavy (non-hydrogen) atoms. The molecule has 2 aliphatic rings. The normalized spacial score (nSPS) is 30.9. The highest BCUT2D eigenvalue weighted by Gasteiger charge is 2.39. The van der Waals surface area contributed by atoms with Crippen LogP contribution >= 0.6 is 0 Å². The van der Waals surface area contributed by atoms with Gasteiger partial charge in [-0.2, -0.15) is 0 Å². The molecule has 0 aliphatic carbocycles. The molecule has 1 atom stereocenters. The number of carbonyl (C=O) groups is 2. The predicted molar refractivity (Wildman–Crippen MR) is 35.9 cm³/mol. The van der Waals surface area contributed by atoms with E-state index in [-0.39, 0.29) is 17.7 Å². The van der Waals surface area contributed by atoms with Gasteiger partial charge in [-0.05, 0) is 0 Å². The van der Waals surface area contributed by atoms with Crippen LogP contribution in [-0.2, 0) is 14.3 Å². The maximum absolute atomic E-state index is 11.1. The lowest BCUT2D eigenvalue weighted by Crippen LogP contribution is -2.43. The molecule has 0 spiro atoms. The quantitative estimate of drug-likeness (QED) is 0.430. The van der Waals surface area contributed by atoms with Crippen LogP contribution in [0.4, 0.5) is 0 Å². The molecule has 2 heterocycles. The highest BCUT2D eigenvalue weighted by molar-refractivity contribution is 6.38. The third kappa shape index (κ3) is 0.939. The Kier molecular flexibility index (Phi) is 1.42. The zero-order valence-electron chi connectivity index (χ0n) is 6.08. The van der Waals surface area contributed by atoms with Crippen LogP contribution < -0.4 is 0 Å². The van der Waals surface area contributed by atoms with Crippen LogP contribution in [0.5, 0.6) is 0 Å². The Bertz CT molecular complexity index is 214. The van der Waals surface area contributed by atoms with Crippen LogP contribution in [0.3, 0.4) is 0 Å². The summed E-state index contributed by atoms with van der Waals surface area (Å²) in [5.41, 5.74) is 0. The maximum atomic E-state index is 11.1. The van der Waals surface area contributed by atoms with E-state index in [0.717, 1.165) is 0 Å². The molecule has 0 aromatic rings. The summed E-state index contributed by atoms with van der Waals surface area (Å²) >= 11 is 0. The largest absolute Gasteiger partial charge is 0.377 e. The number of Topliss-reactive ketones (excluding diaryl/α,β-unsaturated/α-hetero) is 1. The van der Waals surface area contributed by atoms with Crippen LogP contribution in [0.15, 0.2) is 0 Å². The smallest absolute Gasteiger partial charge is 0.290 e. The van der Waals surface area contributed by atoms with Gasteiger partial charge in [0, 0.05) is 13.0 Å². The molecule has 60 valence electrons. The lowest BCUT2D eigenvalue weighted by atomic mass is 10.2. The van der Waals surface area contributed by atoms with Crippen LogP contribution in [-0.4, -0.2) is 42.4 Å². The summed E-state index contributed by atoms with van der Waals surface area (Å²) in [4.78, 5) is 23.6. The lowest BCUT2D eigenvalue weighted by molar-refractivity contribution is -0.142. The van der Waals surface area contributed by atoms with Crippen molar-refractivity contribution in [2.24, 2.45) is 0 Å². The second-order valence-corrected chi connectivity index (χ2v) is 2.85. The second kappa shape index (κ2) is 2.30. The molecular formula is C7H9NO3. The van der Waals surface area contributed by atoms with Gasteiger partial charge in [0.25, 0.3) is 5.91 Å². The van der Waals surface area contributed by atoms with Crippen molar-refractivity contribution in [2.75, 3.05) is 19.8 Å². The Morgan fingerprint density at radius 1 is 1.45 bits per heavy atom. The fourth-order valence-electron chi connectivity index (χ4n) is 1.55. The number of fused-ring (bicyclic) bond motifs is 1. The molecule has 0 saturated carbocycles. The fraction of sp³-hybridized carbons (Fsp3) is 0.714. The molecular weight excluding hydrogens is 146 g/mol. The van der Waals surface area contributed by atoms with Crippen molar-refractivity contribution >= 4 is 11.7 Å². The summed E-state index contributed by atoms with van der Waals surface area (Å²) < 4.78 is 5.13. The Labute approximate surface area is 64.1 Å². The van der Waals surface area contributed by atoms with E-state index in [1.807, 2.05) is 0 Å². The predicted octanol–water partition coefficient (Wildman–Crippen LogP) is -0.813. The summed E-state index contributed by atoms with van der Waals surface area (Å²) in [5.74, 6) is -0.584. The van der Waals surface area contributed by atoms with Gasteiger partial charge in [-0.3, -0.25) is 9.59 Å². The van der Waals surface area contributed by atoms with Crippen LogP contribution in [0.25, 0.3) is 0 Å². The van der Waals surface area contributed by atoms with Gasteiger partial charge in [-0.1, -0.05) is 0 Å². The van der Waals surface area contributed by atoms with E-state index in [4.69, 9.17) is 4.74 Å². The summed E-state index contributed by atoms with van der Waals surface area (Å²) in [6, 6.07) is 0.0312. The molecule has 1 amide bonds. The lowest BCUT2D eigenvalue weighted by Gasteiger charge is -2.28. The van der Waals surface area contributed by atoms with E-state index >= 15 is 0 Å². The first-order valence-corrected chi connectivity index (χ1v) is 3.70. The van der Waals surface area contributed by atoms with Gasteiger partial charge in [-0.25, -0.2) is 0 Å². The average Bonchev–Trinajstić information content (AvgIpc) is 2.30. The van der Waals surface area contributed by atoms with Crippen molar-refractivity contribution in [3.8, 4) is 0 Å². The van der Waals surface area contributed by atoms with Crippen molar-refractivity contribution in [1.29, 1.82) is 0 Å². The van der Waals surface area contributed by atoms with E-state index in [0.29, 0.717) is 26.2 Å². The van der Waals surface area contributed by atoms with Crippen molar-refractivity contribution in [3.05, 3.63) is 0 Å². The molecule has 1 unspecified atom stereocenters. The van der Waals surface area contributed by atoms with E-state index < -0.39 is 0 Å². The summed E-state index contributed by atoms with van der Waals surface area (Å²) in [5, 5.41) is 0. The molecule has 4 nitrogen and oxygen atoms in total. The van der Waals surface area contributed by atoms with Crippen molar-refractivity contribution < 1.29 is 14.3 Å². The number of morpholine rings is 1. The minimum atomic E-state index is -0.321. The first-order chi connectivity index (χ1) is 5.29. The minimum absolute atomic E-state index is 0.0312. The number of hydrogen-bond donors (Lipinski definition) is 0. The molecule has 0 bridgehead atoms. The van der Waals surface area contributed by atoms with Gasteiger partial charge < -0.3 is 9.64 Å². The molecule has 2 rings (SSSR count).